The molecule has 0 spiro atoms. The first-order valence-corrected chi connectivity index (χ1v) is 16.5. The Kier molecular flexibility index (Phi) is 8.32. The molecule has 37 heavy (non-hydrogen) atoms. The summed E-state index contributed by atoms with van der Waals surface area (Å²) < 4.78 is 48.0. The van der Waals surface area contributed by atoms with Gasteiger partial charge in [-0.05, 0) is 54.6 Å². The molecule has 200 valence electrons. The Morgan fingerprint density at radius 3 is 2.54 bits per heavy atom. The van der Waals surface area contributed by atoms with Crippen LogP contribution in [0, 0.1) is 0 Å². The lowest BCUT2D eigenvalue weighted by Gasteiger charge is -2.24. The predicted molar refractivity (Wildman–Crippen MR) is 139 cm³/mol. The summed E-state index contributed by atoms with van der Waals surface area (Å²) in [5.74, 6) is -1.51. The molecule has 0 N–H and O–H groups in total. The number of hydrogen-bond acceptors (Lipinski definition) is 5. The lowest BCUT2D eigenvalue weighted by molar-refractivity contribution is -0.170. The van der Waals surface area contributed by atoms with Gasteiger partial charge in [0.2, 0.25) is 0 Å². The van der Waals surface area contributed by atoms with E-state index in [4.69, 9.17) is 4.74 Å². The van der Waals surface area contributed by atoms with Crippen molar-refractivity contribution in [3.05, 3.63) is 47.8 Å². The number of carbonyl (C=O) groups excluding carboxylic acids is 1. The van der Waals surface area contributed by atoms with Gasteiger partial charge in [0.1, 0.15) is 12.2 Å². The molecular weight excluding hydrogens is 499 g/mol. The SMILES string of the molecule is C[Si](C)(C)CCOCn1nnc2ccc(N(Cc3ccc(C4CCCCC4)cn3)C(=O)C(F)(F)F)cc21. The van der Waals surface area contributed by atoms with E-state index in [-0.39, 0.29) is 19.0 Å². The van der Waals surface area contributed by atoms with Gasteiger partial charge >= 0.3 is 12.1 Å². The number of aromatic nitrogens is 4. The van der Waals surface area contributed by atoms with Crippen LogP contribution in [0.4, 0.5) is 18.9 Å². The van der Waals surface area contributed by atoms with E-state index in [1.807, 2.05) is 6.07 Å². The number of rotatable bonds is 9. The van der Waals surface area contributed by atoms with Crippen LogP contribution < -0.4 is 4.90 Å². The van der Waals surface area contributed by atoms with Crippen molar-refractivity contribution in [2.75, 3.05) is 11.5 Å². The van der Waals surface area contributed by atoms with Crippen LogP contribution in [0.2, 0.25) is 25.7 Å². The zero-order valence-corrected chi connectivity index (χ0v) is 22.6. The minimum atomic E-state index is -5.03. The van der Waals surface area contributed by atoms with Crippen molar-refractivity contribution < 1.29 is 22.7 Å². The molecule has 0 aliphatic heterocycles. The van der Waals surface area contributed by atoms with E-state index in [0.717, 1.165) is 24.4 Å². The van der Waals surface area contributed by atoms with Crippen LogP contribution in [-0.4, -0.2) is 46.7 Å². The first kappa shape index (κ1) is 27.2. The minimum absolute atomic E-state index is 0.0960. The third-order valence-electron chi connectivity index (χ3n) is 6.75. The Balaban J connectivity index is 1.55. The van der Waals surface area contributed by atoms with E-state index in [1.165, 1.54) is 36.1 Å². The normalized spacial score (nSPS) is 15.3. The number of pyridine rings is 1. The predicted octanol–water partition coefficient (Wildman–Crippen LogP) is 6.28. The lowest BCUT2D eigenvalue weighted by atomic mass is 9.85. The second kappa shape index (κ2) is 11.3. The molecule has 0 atom stereocenters. The Morgan fingerprint density at radius 1 is 1.14 bits per heavy atom. The smallest absolute Gasteiger partial charge is 0.359 e. The molecule has 1 aliphatic carbocycles. The number of anilines is 1. The van der Waals surface area contributed by atoms with Gasteiger partial charge in [-0.25, -0.2) is 4.68 Å². The van der Waals surface area contributed by atoms with Crippen molar-refractivity contribution in [3.63, 3.8) is 0 Å². The number of carbonyl (C=O) groups is 1. The molecule has 1 saturated carbocycles. The second-order valence-corrected chi connectivity index (χ2v) is 16.5. The zero-order chi connectivity index (χ0) is 26.6. The molecule has 4 rings (SSSR count). The van der Waals surface area contributed by atoms with Gasteiger partial charge in [-0.15, -0.1) is 5.10 Å². The summed E-state index contributed by atoms with van der Waals surface area (Å²) >= 11 is 0. The largest absolute Gasteiger partial charge is 0.471 e. The van der Waals surface area contributed by atoms with Crippen molar-refractivity contribution in [1.29, 1.82) is 0 Å². The van der Waals surface area contributed by atoms with Crippen LogP contribution in [0.25, 0.3) is 11.0 Å². The van der Waals surface area contributed by atoms with Gasteiger partial charge in [0.15, 0.2) is 0 Å². The number of hydrogen-bond donors (Lipinski definition) is 0. The Hall–Kier alpha value is -2.79. The maximum Gasteiger partial charge on any atom is 0.471 e. The van der Waals surface area contributed by atoms with Gasteiger partial charge in [0, 0.05) is 26.6 Å². The zero-order valence-electron chi connectivity index (χ0n) is 21.6. The highest BCUT2D eigenvalue weighted by atomic mass is 28.3. The van der Waals surface area contributed by atoms with Gasteiger partial charge < -0.3 is 4.74 Å². The molecule has 1 aromatic carbocycles. The average Bonchev–Trinajstić information content (AvgIpc) is 3.27. The number of ether oxygens (including phenoxy) is 1. The molecule has 1 amide bonds. The van der Waals surface area contributed by atoms with E-state index in [0.29, 0.717) is 34.2 Å². The monoisotopic (exact) mass is 533 g/mol. The molecule has 11 heteroatoms. The molecule has 0 unspecified atom stereocenters. The van der Waals surface area contributed by atoms with Gasteiger partial charge in [0.25, 0.3) is 0 Å². The van der Waals surface area contributed by atoms with Gasteiger partial charge in [-0.3, -0.25) is 14.7 Å². The summed E-state index contributed by atoms with van der Waals surface area (Å²) in [4.78, 5) is 17.6. The van der Waals surface area contributed by atoms with Gasteiger partial charge in [0.05, 0.1) is 17.8 Å². The van der Waals surface area contributed by atoms with E-state index < -0.39 is 20.2 Å². The standard InChI is InChI=1S/C26H34F3N5O2Si/c1-37(2,3)14-13-36-18-34-24-15-22(11-12-23(24)31-32-34)33(25(35)26(27,28)29)17-21-10-9-20(16-30-21)19-7-5-4-6-8-19/h9-12,15-16,19H,4-8,13-14,17-18H2,1-3H3. The second-order valence-electron chi connectivity index (χ2n) is 10.9. The molecular formula is C26H34F3N5O2Si. The fraction of sp³-hybridized carbons (Fsp3) is 0.538. The number of benzene rings is 1. The number of halogens is 3. The topological polar surface area (TPSA) is 73.1 Å². The first-order valence-electron chi connectivity index (χ1n) is 12.8. The fourth-order valence-electron chi connectivity index (χ4n) is 4.55. The van der Waals surface area contributed by atoms with Crippen molar-refractivity contribution in [1.82, 2.24) is 20.0 Å². The third-order valence-corrected chi connectivity index (χ3v) is 8.46. The highest BCUT2D eigenvalue weighted by molar-refractivity contribution is 6.76. The number of nitrogens with zero attached hydrogens (tertiary/aromatic N) is 5. The number of amides is 1. The highest BCUT2D eigenvalue weighted by Gasteiger charge is 2.43. The fourth-order valence-corrected chi connectivity index (χ4v) is 5.31. The molecule has 1 fully saturated rings. The van der Waals surface area contributed by atoms with Crippen LogP contribution in [0.3, 0.4) is 0 Å². The molecule has 0 saturated heterocycles. The Morgan fingerprint density at radius 2 is 1.89 bits per heavy atom. The van der Waals surface area contributed by atoms with Crippen LogP contribution in [0.5, 0.6) is 0 Å². The number of fused-ring (bicyclic) bond motifs is 1. The van der Waals surface area contributed by atoms with Crippen LogP contribution >= 0.6 is 0 Å². The molecule has 2 heterocycles. The van der Waals surface area contributed by atoms with Gasteiger partial charge in [-0.2, -0.15) is 13.2 Å². The number of alkyl halides is 3. The molecule has 1 aliphatic rings. The Labute approximate surface area is 216 Å². The summed E-state index contributed by atoms with van der Waals surface area (Å²) in [5, 5.41) is 8.16. The van der Waals surface area contributed by atoms with E-state index in [9.17, 15) is 18.0 Å². The summed E-state index contributed by atoms with van der Waals surface area (Å²) in [6, 6.07) is 9.13. The quantitative estimate of drug-likeness (QED) is 0.239. The van der Waals surface area contributed by atoms with Crippen LogP contribution in [0.1, 0.15) is 49.3 Å². The third kappa shape index (κ3) is 7.16. The molecule has 0 bridgehead atoms. The van der Waals surface area contributed by atoms with Crippen molar-refractivity contribution >= 4 is 30.7 Å². The van der Waals surface area contributed by atoms with Crippen LogP contribution in [0.15, 0.2) is 36.5 Å². The highest BCUT2D eigenvalue weighted by Crippen LogP contribution is 2.33. The molecule has 7 nitrogen and oxygen atoms in total. The maximum absolute atomic E-state index is 13.6. The van der Waals surface area contributed by atoms with Crippen molar-refractivity contribution in [2.45, 2.75) is 83.2 Å². The molecule has 3 aromatic rings. The summed E-state index contributed by atoms with van der Waals surface area (Å²) in [5.41, 5.74) is 2.58. The maximum atomic E-state index is 13.6. The van der Waals surface area contributed by atoms with Crippen LogP contribution in [-0.2, 0) is 22.8 Å². The summed E-state index contributed by atoms with van der Waals surface area (Å²) in [6.07, 6.45) is 2.50. The summed E-state index contributed by atoms with van der Waals surface area (Å²) in [6.45, 7) is 7.14. The van der Waals surface area contributed by atoms with Crippen molar-refractivity contribution in [2.24, 2.45) is 0 Å². The summed E-state index contributed by atoms with van der Waals surface area (Å²) in [7, 11) is -1.27. The van der Waals surface area contributed by atoms with E-state index in [2.05, 4.69) is 34.9 Å². The Bertz CT molecular complexity index is 1200. The molecule has 2 aromatic heterocycles. The first-order chi connectivity index (χ1) is 17.5. The lowest BCUT2D eigenvalue weighted by Crippen LogP contribution is -2.41. The minimum Gasteiger partial charge on any atom is -0.359 e. The molecule has 0 radical (unpaired) electrons. The van der Waals surface area contributed by atoms with Gasteiger partial charge in [-0.1, -0.05) is 50.2 Å². The van der Waals surface area contributed by atoms with E-state index >= 15 is 0 Å². The van der Waals surface area contributed by atoms with Crippen molar-refractivity contribution in [3.8, 4) is 0 Å². The van der Waals surface area contributed by atoms with E-state index in [1.54, 1.807) is 18.3 Å². The average molecular weight is 534 g/mol.